The molecule has 0 fully saturated rings. The largest absolute Gasteiger partial charge is 0.497 e. The van der Waals surface area contributed by atoms with Crippen LogP contribution in [0.1, 0.15) is 25.3 Å². The molecule has 1 rings (SSSR count). The van der Waals surface area contributed by atoms with Crippen molar-refractivity contribution in [1.29, 1.82) is 0 Å². The molecule has 1 aromatic carbocycles. The van der Waals surface area contributed by atoms with Gasteiger partial charge < -0.3 is 4.74 Å². The van der Waals surface area contributed by atoms with Crippen LogP contribution in [0, 0.1) is 0 Å². The third-order valence-corrected chi connectivity index (χ3v) is 1.78. The minimum Gasteiger partial charge on any atom is -0.497 e. The second kappa shape index (κ2) is 6.30. The van der Waals surface area contributed by atoms with Crippen LogP contribution in [0.4, 0.5) is 0 Å². The second-order valence-electron chi connectivity index (χ2n) is 2.93. The Morgan fingerprint density at radius 2 is 1.54 bits per heavy atom. The lowest BCUT2D eigenvalue weighted by atomic mass is 10.0. The molecule has 1 nitrogen and oxygen atoms in total. The monoisotopic (exact) mass is 178 g/mol. The minimum absolute atomic E-state index is 0.598. The molecule has 1 aromatic rings. The van der Waals surface area contributed by atoms with Crippen molar-refractivity contribution in [2.45, 2.75) is 19.8 Å². The van der Waals surface area contributed by atoms with Crippen molar-refractivity contribution >= 4 is 0 Å². The highest BCUT2D eigenvalue weighted by Crippen LogP contribution is 2.17. The Bertz CT molecular complexity index is 223. The summed E-state index contributed by atoms with van der Waals surface area (Å²) in [6.07, 6.45) is 0. The Balaban J connectivity index is 0.000000671. The Hall–Kier alpha value is -1.24. The van der Waals surface area contributed by atoms with E-state index in [0.29, 0.717) is 5.92 Å². The maximum Gasteiger partial charge on any atom is 0.118 e. The first-order valence-electron chi connectivity index (χ1n) is 4.38. The molecule has 0 amide bonds. The Kier molecular flexibility index (Phi) is 5.69. The van der Waals surface area contributed by atoms with Crippen molar-refractivity contribution in [3.05, 3.63) is 43.0 Å². The molecule has 0 aromatic heterocycles. The zero-order valence-electron chi connectivity index (χ0n) is 8.71. The third-order valence-electron chi connectivity index (χ3n) is 1.78. The summed E-state index contributed by atoms with van der Waals surface area (Å²) in [7, 11) is 1.68. The fourth-order valence-corrected chi connectivity index (χ4v) is 0.989. The number of hydrogen-bond donors (Lipinski definition) is 0. The predicted molar refractivity (Wildman–Crippen MR) is 58.3 cm³/mol. The van der Waals surface area contributed by atoms with Gasteiger partial charge in [-0.25, -0.2) is 0 Å². The first kappa shape index (κ1) is 11.8. The number of methoxy groups -OCH3 is 1. The molecular weight excluding hydrogens is 160 g/mol. The SMILES string of the molecule is C=C.COc1ccc(C(C)C)cc1. The second-order valence-corrected chi connectivity index (χ2v) is 2.93. The van der Waals surface area contributed by atoms with E-state index in [-0.39, 0.29) is 0 Å². The van der Waals surface area contributed by atoms with Crippen LogP contribution in [0.25, 0.3) is 0 Å². The quantitative estimate of drug-likeness (QED) is 0.628. The molecule has 0 radical (unpaired) electrons. The predicted octanol–water partition coefficient (Wildman–Crippen LogP) is 3.62. The zero-order valence-corrected chi connectivity index (χ0v) is 8.71. The topological polar surface area (TPSA) is 9.23 Å². The van der Waals surface area contributed by atoms with E-state index in [2.05, 4.69) is 39.1 Å². The lowest BCUT2D eigenvalue weighted by molar-refractivity contribution is 0.414. The van der Waals surface area contributed by atoms with Crippen LogP contribution in [0.15, 0.2) is 37.4 Å². The fourth-order valence-electron chi connectivity index (χ4n) is 0.989. The molecule has 0 unspecified atom stereocenters. The van der Waals surface area contributed by atoms with Crippen molar-refractivity contribution in [1.82, 2.24) is 0 Å². The molecule has 72 valence electrons. The van der Waals surface area contributed by atoms with Gasteiger partial charge in [-0.2, -0.15) is 0 Å². The van der Waals surface area contributed by atoms with Gasteiger partial charge in [-0.1, -0.05) is 26.0 Å². The smallest absolute Gasteiger partial charge is 0.118 e. The van der Waals surface area contributed by atoms with Crippen LogP contribution in [0.5, 0.6) is 5.75 Å². The van der Waals surface area contributed by atoms with E-state index in [1.165, 1.54) is 5.56 Å². The molecular formula is C12H18O. The molecule has 0 saturated heterocycles. The van der Waals surface area contributed by atoms with Crippen LogP contribution in [0.2, 0.25) is 0 Å². The number of benzene rings is 1. The highest BCUT2D eigenvalue weighted by molar-refractivity contribution is 5.28. The Morgan fingerprint density at radius 1 is 1.08 bits per heavy atom. The molecule has 0 aliphatic heterocycles. The van der Waals surface area contributed by atoms with E-state index >= 15 is 0 Å². The molecule has 0 atom stereocenters. The molecule has 0 aliphatic carbocycles. The number of hydrogen-bond acceptors (Lipinski definition) is 1. The molecule has 0 spiro atoms. The van der Waals surface area contributed by atoms with Crippen LogP contribution < -0.4 is 4.74 Å². The summed E-state index contributed by atoms with van der Waals surface area (Å²) < 4.78 is 5.05. The van der Waals surface area contributed by atoms with Crippen molar-refractivity contribution in [2.24, 2.45) is 0 Å². The van der Waals surface area contributed by atoms with Gasteiger partial charge in [0.25, 0.3) is 0 Å². The van der Waals surface area contributed by atoms with Gasteiger partial charge in [0.1, 0.15) is 5.75 Å². The van der Waals surface area contributed by atoms with Gasteiger partial charge in [-0.3, -0.25) is 0 Å². The average molecular weight is 178 g/mol. The van der Waals surface area contributed by atoms with Gasteiger partial charge in [-0.15, -0.1) is 13.2 Å². The molecule has 0 N–H and O–H groups in total. The molecule has 0 saturated carbocycles. The summed E-state index contributed by atoms with van der Waals surface area (Å²) in [4.78, 5) is 0. The van der Waals surface area contributed by atoms with Gasteiger partial charge in [0, 0.05) is 0 Å². The molecule has 1 heteroatoms. The van der Waals surface area contributed by atoms with Crippen molar-refractivity contribution in [2.75, 3.05) is 7.11 Å². The Morgan fingerprint density at radius 3 is 1.85 bits per heavy atom. The van der Waals surface area contributed by atoms with E-state index in [1.54, 1.807) is 7.11 Å². The summed E-state index contributed by atoms with van der Waals surface area (Å²) in [5.74, 6) is 1.52. The van der Waals surface area contributed by atoms with Gasteiger partial charge in [-0.05, 0) is 23.6 Å². The van der Waals surface area contributed by atoms with Crippen molar-refractivity contribution < 1.29 is 4.74 Å². The standard InChI is InChI=1S/C10H14O.C2H4/c1-8(2)9-4-6-10(11-3)7-5-9;1-2/h4-8H,1-3H3;1-2H2. The van der Waals surface area contributed by atoms with Gasteiger partial charge in [0.15, 0.2) is 0 Å². The van der Waals surface area contributed by atoms with Gasteiger partial charge in [0.2, 0.25) is 0 Å². The lowest BCUT2D eigenvalue weighted by Crippen LogP contribution is -1.87. The summed E-state index contributed by atoms with van der Waals surface area (Å²) in [5.41, 5.74) is 1.35. The van der Waals surface area contributed by atoms with Crippen molar-refractivity contribution in [3.8, 4) is 5.75 Å². The molecule has 0 aliphatic rings. The maximum absolute atomic E-state index is 5.05. The highest BCUT2D eigenvalue weighted by Gasteiger charge is 1.97. The summed E-state index contributed by atoms with van der Waals surface area (Å²) in [6, 6.07) is 8.19. The third kappa shape index (κ3) is 3.79. The van der Waals surface area contributed by atoms with E-state index in [1.807, 2.05) is 12.1 Å². The zero-order chi connectivity index (χ0) is 10.3. The molecule has 0 heterocycles. The van der Waals surface area contributed by atoms with Gasteiger partial charge in [0.05, 0.1) is 7.11 Å². The fraction of sp³-hybridized carbons (Fsp3) is 0.333. The van der Waals surface area contributed by atoms with Crippen molar-refractivity contribution in [3.63, 3.8) is 0 Å². The molecule has 13 heavy (non-hydrogen) atoms. The van der Waals surface area contributed by atoms with Crippen LogP contribution in [0.3, 0.4) is 0 Å². The summed E-state index contributed by atoms with van der Waals surface area (Å²) >= 11 is 0. The normalized spacial score (nSPS) is 8.92. The van der Waals surface area contributed by atoms with E-state index in [0.717, 1.165) is 5.75 Å². The van der Waals surface area contributed by atoms with E-state index < -0.39 is 0 Å². The average Bonchev–Trinajstić information content (AvgIpc) is 2.21. The summed E-state index contributed by atoms with van der Waals surface area (Å²) in [6.45, 7) is 10.4. The van der Waals surface area contributed by atoms with E-state index in [4.69, 9.17) is 4.74 Å². The number of ether oxygens (including phenoxy) is 1. The van der Waals surface area contributed by atoms with Crippen LogP contribution >= 0.6 is 0 Å². The first-order chi connectivity index (χ1) is 6.24. The summed E-state index contributed by atoms with van der Waals surface area (Å²) in [5, 5.41) is 0. The number of rotatable bonds is 2. The Labute approximate surface area is 81.1 Å². The van der Waals surface area contributed by atoms with Crippen LogP contribution in [-0.4, -0.2) is 7.11 Å². The molecule has 0 bridgehead atoms. The minimum atomic E-state index is 0.598. The first-order valence-corrected chi connectivity index (χ1v) is 4.38. The van der Waals surface area contributed by atoms with Crippen LogP contribution in [-0.2, 0) is 0 Å². The highest BCUT2D eigenvalue weighted by atomic mass is 16.5. The van der Waals surface area contributed by atoms with E-state index in [9.17, 15) is 0 Å². The van der Waals surface area contributed by atoms with Gasteiger partial charge >= 0.3 is 0 Å². The lowest BCUT2D eigenvalue weighted by Gasteiger charge is -2.05. The maximum atomic E-state index is 5.05.